The van der Waals surface area contributed by atoms with Crippen molar-refractivity contribution in [2.24, 2.45) is 0 Å². The molecule has 1 aliphatic heterocycles. The van der Waals surface area contributed by atoms with Crippen LogP contribution in [0, 0.1) is 0 Å². The Kier molecular flexibility index (Phi) is 4.91. The van der Waals surface area contributed by atoms with Crippen LogP contribution >= 0.6 is 0 Å². The van der Waals surface area contributed by atoms with Crippen LogP contribution in [0.3, 0.4) is 0 Å². The normalized spacial score (nSPS) is 25.6. The van der Waals surface area contributed by atoms with Gasteiger partial charge < -0.3 is 14.7 Å². The molecule has 0 aromatic rings. The maximum absolute atomic E-state index is 11.4. The second-order valence-electron chi connectivity index (χ2n) is 5.24. The first kappa shape index (κ1) is 14.4. The molecule has 2 unspecified atom stereocenters. The highest BCUT2D eigenvalue weighted by molar-refractivity contribution is 5.78. The van der Waals surface area contributed by atoms with Gasteiger partial charge in [0.15, 0.2) is 5.60 Å². The van der Waals surface area contributed by atoms with Gasteiger partial charge >= 0.3 is 5.97 Å². The minimum atomic E-state index is -1.43. The molecule has 17 heavy (non-hydrogen) atoms. The Morgan fingerprint density at radius 1 is 1.65 bits per heavy atom. The smallest absolute Gasteiger partial charge is 0.338 e. The fraction of sp³-hybridized carbons (Fsp3) is 0.917. The van der Waals surface area contributed by atoms with E-state index in [1.165, 1.54) is 14.0 Å². The van der Waals surface area contributed by atoms with Crippen LogP contribution in [0.25, 0.3) is 0 Å². The summed E-state index contributed by atoms with van der Waals surface area (Å²) in [6.07, 6.45) is 2.27. The van der Waals surface area contributed by atoms with Crippen molar-refractivity contribution in [2.75, 3.05) is 40.8 Å². The van der Waals surface area contributed by atoms with Gasteiger partial charge in [0, 0.05) is 19.1 Å². The number of nitrogens with zero attached hydrogens (tertiary/aromatic N) is 2. The predicted octanol–water partition coefficient (Wildman–Crippen LogP) is -0.0636. The molecule has 1 heterocycles. The first-order valence-corrected chi connectivity index (χ1v) is 6.06. The quantitative estimate of drug-likeness (QED) is 0.702. The molecule has 5 nitrogen and oxygen atoms in total. The van der Waals surface area contributed by atoms with E-state index in [4.69, 9.17) is 0 Å². The van der Waals surface area contributed by atoms with Gasteiger partial charge in [-0.05, 0) is 40.4 Å². The Balaban J connectivity index is 2.52. The summed E-state index contributed by atoms with van der Waals surface area (Å²) in [5.74, 6) is -0.575. The second-order valence-corrected chi connectivity index (χ2v) is 5.24. The molecule has 0 aromatic carbocycles. The van der Waals surface area contributed by atoms with Crippen LogP contribution in [0.4, 0.5) is 0 Å². The zero-order valence-corrected chi connectivity index (χ0v) is 11.3. The topological polar surface area (TPSA) is 53.0 Å². The first-order valence-electron chi connectivity index (χ1n) is 6.06. The number of ether oxygens (including phenoxy) is 1. The fourth-order valence-corrected chi connectivity index (χ4v) is 2.40. The molecule has 1 N–H and O–H groups in total. The maximum atomic E-state index is 11.4. The monoisotopic (exact) mass is 244 g/mol. The van der Waals surface area contributed by atoms with E-state index in [0.29, 0.717) is 12.6 Å². The van der Waals surface area contributed by atoms with Gasteiger partial charge in [-0.3, -0.25) is 4.90 Å². The highest BCUT2D eigenvalue weighted by Gasteiger charge is 2.35. The maximum Gasteiger partial charge on any atom is 0.338 e. The summed E-state index contributed by atoms with van der Waals surface area (Å²) in [5, 5.41) is 10.0. The summed E-state index contributed by atoms with van der Waals surface area (Å²) < 4.78 is 4.60. The number of carbonyl (C=O) groups excluding carboxylic acids is 1. The number of rotatable bonds is 4. The zero-order chi connectivity index (χ0) is 13.1. The van der Waals surface area contributed by atoms with Crippen molar-refractivity contribution in [3.8, 4) is 0 Å². The van der Waals surface area contributed by atoms with Crippen LogP contribution in [0.5, 0.6) is 0 Å². The van der Waals surface area contributed by atoms with E-state index in [1.807, 2.05) is 11.9 Å². The molecule has 0 aromatic heterocycles. The Bertz CT molecular complexity index is 268. The molecule has 1 rings (SSSR count). The molecular formula is C12H24N2O3. The number of carbonyl (C=O) groups is 1. The van der Waals surface area contributed by atoms with Crippen LogP contribution < -0.4 is 0 Å². The molecule has 0 radical (unpaired) electrons. The number of piperidine rings is 1. The van der Waals surface area contributed by atoms with E-state index in [2.05, 4.69) is 16.7 Å². The summed E-state index contributed by atoms with van der Waals surface area (Å²) in [5.41, 5.74) is -1.43. The minimum absolute atomic E-state index is 0.304. The third-order valence-corrected chi connectivity index (χ3v) is 3.41. The average Bonchev–Trinajstić information content (AvgIpc) is 2.27. The molecule has 0 saturated carbocycles. The van der Waals surface area contributed by atoms with E-state index in [9.17, 15) is 9.90 Å². The largest absolute Gasteiger partial charge is 0.467 e. The molecule has 0 bridgehead atoms. The summed E-state index contributed by atoms with van der Waals surface area (Å²) in [6.45, 7) is 3.91. The van der Waals surface area contributed by atoms with Gasteiger partial charge in [-0.15, -0.1) is 0 Å². The molecule has 0 amide bonds. The Labute approximate surface area is 103 Å². The van der Waals surface area contributed by atoms with E-state index < -0.39 is 11.6 Å². The van der Waals surface area contributed by atoms with Crippen molar-refractivity contribution >= 4 is 5.97 Å². The van der Waals surface area contributed by atoms with E-state index in [-0.39, 0.29) is 0 Å². The Hall–Kier alpha value is -0.650. The molecule has 0 aliphatic carbocycles. The van der Waals surface area contributed by atoms with Crippen LogP contribution in [0.1, 0.15) is 19.8 Å². The number of likely N-dealkylation sites (tertiary alicyclic amines) is 1. The van der Waals surface area contributed by atoms with Gasteiger partial charge in [0.25, 0.3) is 0 Å². The lowest BCUT2D eigenvalue weighted by Gasteiger charge is -2.38. The summed E-state index contributed by atoms with van der Waals surface area (Å²) in [4.78, 5) is 15.7. The van der Waals surface area contributed by atoms with Gasteiger partial charge in [0.2, 0.25) is 0 Å². The summed E-state index contributed by atoms with van der Waals surface area (Å²) >= 11 is 0. The van der Waals surface area contributed by atoms with Crippen molar-refractivity contribution in [2.45, 2.75) is 31.4 Å². The molecular weight excluding hydrogens is 220 g/mol. The van der Waals surface area contributed by atoms with Gasteiger partial charge in [0.05, 0.1) is 7.11 Å². The van der Waals surface area contributed by atoms with Gasteiger partial charge in [0.1, 0.15) is 0 Å². The third-order valence-electron chi connectivity index (χ3n) is 3.41. The number of likely N-dealkylation sites (N-methyl/N-ethyl adjacent to an activating group) is 2. The van der Waals surface area contributed by atoms with E-state index in [1.54, 1.807) is 0 Å². The number of methoxy groups -OCH3 is 1. The van der Waals surface area contributed by atoms with E-state index >= 15 is 0 Å². The zero-order valence-electron chi connectivity index (χ0n) is 11.3. The van der Waals surface area contributed by atoms with Crippen molar-refractivity contribution in [1.82, 2.24) is 9.80 Å². The second kappa shape index (κ2) is 5.80. The number of aliphatic hydroxyl groups is 1. The lowest BCUT2D eigenvalue weighted by molar-refractivity contribution is -0.162. The Morgan fingerprint density at radius 3 is 2.82 bits per heavy atom. The summed E-state index contributed by atoms with van der Waals surface area (Å²) in [7, 11) is 5.34. The van der Waals surface area contributed by atoms with Gasteiger partial charge in [-0.2, -0.15) is 0 Å². The molecule has 2 atom stereocenters. The molecule has 1 fully saturated rings. The average molecular weight is 244 g/mol. The van der Waals surface area contributed by atoms with Gasteiger partial charge in [-0.25, -0.2) is 4.79 Å². The van der Waals surface area contributed by atoms with Crippen molar-refractivity contribution in [3.05, 3.63) is 0 Å². The third kappa shape index (κ3) is 3.94. The molecule has 1 aliphatic rings. The lowest BCUT2D eigenvalue weighted by Crippen LogP contribution is -2.52. The highest BCUT2D eigenvalue weighted by Crippen LogP contribution is 2.16. The minimum Gasteiger partial charge on any atom is -0.467 e. The molecule has 100 valence electrons. The SMILES string of the molecule is COC(=O)C(C)(O)CN(C)C1CCCN(C)C1. The number of hydrogen-bond donors (Lipinski definition) is 1. The number of hydrogen-bond acceptors (Lipinski definition) is 5. The van der Waals surface area contributed by atoms with Crippen molar-refractivity contribution in [1.29, 1.82) is 0 Å². The predicted molar refractivity (Wildman–Crippen MR) is 65.8 cm³/mol. The van der Waals surface area contributed by atoms with Crippen molar-refractivity contribution < 1.29 is 14.6 Å². The van der Waals surface area contributed by atoms with Crippen LogP contribution in [-0.2, 0) is 9.53 Å². The van der Waals surface area contributed by atoms with Crippen LogP contribution in [0.2, 0.25) is 0 Å². The summed E-state index contributed by atoms with van der Waals surface area (Å²) in [6, 6.07) is 0.393. The van der Waals surface area contributed by atoms with Crippen LogP contribution in [-0.4, -0.2) is 73.4 Å². The molecule has 1 saturated heterocycles. The number of esters is 1. The molecule has 0 spiro atoms. The highest BCUT2D eigenvalue weighted by atomic mass is 16.5. The lowest BCUT2D eigenvalue weighted by atomic mass is 10.0. The van der Waals surface area contributed by atoms with E-state index in [0.717, 1.165) is 25.9 Å². The van der Waals surface area contributed by atoms with Crippen LogP contribution in [0.15, 0.2) is 0 Å². The van der Waals surface area contributed by atoms with Crippen molar-refractivity contribution in [3.63, 3.8) is 0 Å². The standard InChI is InChI=1S/C12H24N2O3/c1-12(16,11(15)17-4)9-14(3)10-6-5-7-13(2)8-10/h10,16H,5-9H2,1-4H3. The Morgan fingerprint density at radius 2 is 2.29 bits per heavy atom. The first-order chi connectivity index (χ1) is 7.86. The molecule has 5 heteroatoms. The van der Waals surface area contributed by atoms with Gasteiger partial charge in [-0.1, -0.05) is 0 Å². The fourth-order valence-electron chi connectivity index (χ4n) is 2.40.